The fourth-order valence-electron chi connectivity index (χ4n) is 3.18. The van der Waals surface area contributed by atoms with Gasteiger partial charge in [-0.05, 0) is 47.5 Å². The van der Waals surface area contributed by atoms with Gasteiger partial charge in [-0.1, -0.05) is 56.1 Å². The first-order valence-electron chi connectivity index (χ1n) is 10.2. The molecule has 0 bridgehead atoms. The topological polar surface area (TPSA) is 52.7 Å². The lowest BCUT2D eigenvalue weighted by atomic mass is 10.2. The Bertz CT molecular complexity index is 930. The number of rotatable bonds is 7. The van der Waals surface area contributed by atoms with Crippen molar-refractivity contribution in [2.24, 2.45) is 0 Å². The molecule has 2 aromatic carbocycles. The van der Waals surface area contributed by atoms with E-state index in [9.17, 15) is 9.59 Å². The second kappa shape index (κ2) is 12.0. The molecule has 1 saturated heterocycles. The van der Waals surface area contributed by atoms with Gasteiger partial charge in [-0.25, -0.2) is 0 Å². The summed E-state index contributed by atoms with van der Waals surface area (Å²) in [6.45, 7) is 4.36. The Morgan fingerprint density at radius 1 is 0.806 bits per heavy atom. The van der Waals surface area contributed by atoms with Crippen LogP contribution in [0.3, 0.4) is 0 Å². The van der Waals surface area contributed by atoms with Gasteiger partial charge >= 0.3 is 0 Å². The summed E-state index contributed by atoms with van der Waals surface area (Å²) >= 11 is 6.80. The molecule has 1 aliphatic heterocycles. The number of hydrogen-bond acceptors (Lipinski definition) is 3. The van der Waals surface area contributed by atoms with E-state index in [1.807, 2.05) is 59.5 Å². The van der Waals surface area contributed by atoms with E-state index in [0.29, 0.717) is 19.6 Å². The quantitative estimate of drug-likeness (QED) is 0.530. The number of carbonyl (C=O) groups excluding carboxylic acids is 2. The summed E-state index contributed by atoms with van der Waals surface area (Å²) in [5, 5.41) is 2.92. The molecule has 0 aromatic heterocycles. The summed E-state index contributed by atoms with van der Waals surface area (Å²) in [5.74, 6) is -0.0660. The van der Waals surface area contributed by atoms with Crippen molar-refractivity contribution >= 4 is 55.8 Å². The van der Waals surface area contributed by atoms with Crippen LogP contribution in [0.15, 0.2) is 69.6 Å². The number of nitrogens with one attached hydrogen (secondary N) is 1. The van der Waals surface area contributed by atoms with E-state index in [2.05, 4.69) is 42.1 Å². The van der Waals surface area contributed by atoms with Crippen molar-refractivity contribution in [3.8, 4) is 0 Å². The normalized spacial score (nSPS) is 15.0. The van der Waals surface area contributed by atoms with E-state index in [0.717, 1.165) is 39.7 Å². The minimum absolute atomic E-state index is 0.0361. The Kier molecular flexibility index (Phi) is 9.06. The summed E-state index contributed by atoms with van der Waals surface area (Å²) in [7, 11) is 0. The highest BCUT2D eigenvalue weighted by Crippen LogP contribution is 2.12. The summed E-state index contributed by atoms with van der Waals surface area (Å²) in [6, 6.07) is 15.6. The number of carbonyl (C=O) groups is 2. The van der Waals surface area contributed by atoms with Crippen LogP contribution in [0.1, 0.15) is 11.1 Å². The van der Waals surface area contributed by atoms with Crippen LogP contribution >= 0.6 is 31.9 Å². The highest BCUT2D eigenvalue weighted by Gasteiger charge is 2.19. The summed E-state index contributed by atoms with van der Waals surface area (Å²) in [4.78, 5) is 28.5. The van der Waals surface area contributed by atoms with Gasteiger partial charge < -0.3 is 10.2 Å². The van der Waals surface area contributed by atoms with E-state index in [-0.39, 0.29) is 11.8 Å². The third-order valence-corrected chi connectivity index (χ3v) is 6.05. The SMILES string of the molecule is O=C(C=Cc1ccc(Br)cc1)NCCN1CCN(C(=O)C=Cc2ccc(Br)cc2)CC1. The van der Waals surface area contributed by atoms with Crippen LogP contribution in [0.2, 0.25) is 0 Å². The maximum atomic E-state index is 12.4. The number of amides is 2. The maximum absolute atomic E-state index is 12.4. The van der Waals surface area contributed by atoms with Crippen molar-refractivity contribution in [1.29, 1.82) is 0 Å². The molecule has 0 radical (unpaired) electrons. The highest BCUT2D eigenvalue weighted by atomic mass is 79.9. The van der Waals surface area contributed by atoms with Gasteiger partial charge in [-0.15, -0.1) is 0 Å². The van der Waals surface area contributed by atoms with Gasteiger partial charge in [0, 0.05) is 60.4 Å². The van der Waals surface area contributed by atoms with E-state index in [1.165, 1.54) is 0 Å². The zero-order chi connectivity index (χ0) is 22.1. The molecule has 7 heteroatoms. The van der Waals surface area contributed by atoms with Gasteiger partial charge in [-0.3, -0.25) is 14.5 Å². The third-order valence-electron chi connectivity index (χ3n) is 5.00. The lowest BCUT2D eigenvalue weighted by Crippen LogP contribution is -2.49. The molecule has 0 unspecified atom stereocenters. The largest absolute Gasteiger partial charge is 0.351 e. The first-order valence-corrected chi connectivity index (χ1v) is 11.7. The van der Waals surface area contributed by atoms with Gasteiger partial charge in [-0.2, -0.15) is 0 Å². The van der Waals surface area contributed by atoms with Gasteiger partial charge in [0.25, 0.3) is 0 Å². The molecule has 0 atom stereocenters. The van der Waals surface area contributed by atoms with Crippen LogP contribution in [-0.4, -0.2) is 60.9 Å². The van der Waals surface area contributed by atoms with E-state index in [4.69, 9.17) is 0 Å². The molecule has 5 nitrogen and oxygen atoms in total. The van der Waals surface area contributed by atoms with Crippen LogP contribution in [-0.2, 0) is 9.59 Å². The first kappa shape index (κ1) is 23.4. The summed E-state index contributed by atoms with van der Waals surface area (Å²) < 4.78 is 2.03. The molecule has 1 fully saturated rings. The lowest BCUT2D eigenvalue weighted by Gasteiger charge is -2.34. The van der Waals surface area contributed by atoms with Gasteiger partial charge in [0.1, 0.15) is 0 Å². The monoisotopic (exact) mass is 545 g/mol. The predicted molar refractivity (Wildman–Crippen MR) is 132 cm³/mol. The fourth-order valence-corrected chi connectivity index (χ4v) is 3.71. The van der Waals surface area contributed by atoms with Crippen molar-refractivity contribution in [3.63, 3.8) is 0 Å². The van der Waals surface area contributed by atoms with Gasteiger partial charge in [0.2, 0.25) is 11.8 Å². The number of benzene rings is 2. The van der Waals surface area contributed by atoms with Crippen LogP contribution < -0.4 is 5.32 Å². The molecule has 0 spiro atoms. The van der Waals surface area contributed by atoms with Crippen LogP contribution in [0, 0.1) is 0 Å². The first-order chi connectivity index (χ1) is 15.0. The molecule has 0 aliphatic carbocycles. The number of hydrogen-bond donors (Lipinski definition) is 1. The second-order valence-electron chi connectivity index (χ2n) is 7.23. The van der Waals surface area contributed by atoms with E-state index in [1.54, 1.807) is 18.2 Å². The zero-order valence-corrected chi connectivity index (χ0v) is 20.3. The van der Waals surface area contributed by atoms with Crippen LogP contribution in [0.5, 0.6) is 0 Å². The van der Waals surface area contributed by atoms with Crippen molar-refractivity contribution < 1.29 is 9.59 Å². The Labute approximate surface area is 200 Å². The second-order valence-corrected chi connectivity index (χ2v) is 9.06. The Morgan fingerprint density at radius 2 is 1.32 bits per heavy atom. The number of nitrogens with zero attached hydrogens (tertiary/aromatic N) is 2. The van der Waals surface area contributed by atoms with Crippen LogP contribution in [0.25, 0.3) is 12.2 Å². The minimum Gasteiger partial charge on any atom is -0.351 e. The number of piperazine rings is 1. The van der Waals surface area contributed by atoms with Crippen LogP contribution in [0.4, 0.5) is 0 Å². The van der Waals surface area contributed by atoms with E-state index < -0.39 is 0 Å². The fraction of sp³-hybridized carbons (Fsp3) is 0.250. The van der Waals surface area contributed by atoms with Gasteiger partial charge in [0.05, 0.1) is 0 Å². The summed E-state index contributed by atoms with van der Waals surface area (Å²) in [6.07, 6.45) is 6.83. The molecule has 1 aliphatic rings. The summed E-state index contributed by atoms with van der Waals surface area (Å²) in [5.41, 5.74) is 1.98. The highest BCUT2D eigenvalue weighted by molar-refractivity contribution is 9.10. The molecule has 31 heavy (non-hydrogen) atoms. The van der Waals surface area contributed by atoms with Crippen molar-refractivity contribution in [3.05, 3.63) is 80.8 Å². The molecule has 162 valence electrons. The number of halogens is 2. The Hall–Kier alpha value is -2.22. The Morgan fingerprint density at radius 3 is 1.87 bits per heavy atom. The molecule has 2 amide bonds. The van der Waals surface area contributed by atoms with Gasteiger partial charge in [0.15, 0.2) is 0 Å². The molecule has 0 saturated carbocycles. The Balaban J connectivity index is 1.34. The maximum Gasteiger partial charge on any atom is 0.246 e. The lowest BCUT2D eigenvalue weighted by molar-refractivity contribution is -0.127. The molecule has 3 rings (SSSR count). The van der Waals surface area contributed by atoms with Crippen molar-refractivity contribution in [2.75, 3.05) is 39.3 Å². The molecule has 1 N–H and O–H groups in total. The molecular weight excluding hydrogens is 522 g/mol. The standard InChI is InChI=1S/C24H25Br2N3O2/c25-21-7-1-19(2-8-21)5-11-23(30)27-13-14-28-15-17-29(18-16-28)24(31)12-6-20-3-9-22(26)10-4-20/h1-12H,13-18H2,(H,27,30). The molecular formula is C24H25Br2N3O2. The average molecular weight is 547 g/mol. The molecule has 2 aromatic rings. The van der Waals surface area contributed by atoms with Crippen molar-refractivity contribution in [2.45, 2.75) is 0 Å². The third kappa shape index (κ3) is 8.09. The van der Waals surface area contributed by atoms with Crippen molar-refractivity contribution in [1.82, 2.24) is 15.1 Å². The minimum atomic E-state index is -0.102. The smallest absolute Gasteiger partial charge is 0.246 e. The van der Waals surface area contributed by atoms with E-state index >= 15 is 0 Å². The zero-order valence-electron chi connectivity index (χ0n) is 17.1. The predicted octanol–water partition coefficient (Wildman–Crippen LogP) is 4.20. The molecule has 1 heterocycles. The average Bonchev–Trinajstić information content (AvgIpc) is 2.78.